The molecule has 124 valence electrons. The monoisotopic (exact) mass is 363 g/mol. The van der Waals surface area contributed by atoms with Crippen LogP contribution >= 0.6 is 23.4 Å². The van der Waals surface area contributed by atoms with Crippen molar-refractivity contribution in [2.45, 2.75) is 11.6 Å². The van der Waals surface area contributed by atoms with Gasteiger partial charge in [0, 0.05) is 10.8 Å². The maximum atomic E-state index is 12.8. The summed E-state index contributed by atoms with van der Waals surface area (Å²) in [5.41, 5.74) is 0.928. The zero-order chi connectivity index (χ0) is 16.8. The van der Waals surface area contributed by atoms with Crippen LogP contribution in [0.3, 0.4) is 0 Å². The lowest BCUT2D eigenvalue weighted by molar-refractivity contribution is 0.318. The van der Waals surface area contributed by atoms with Crippen molar-refractivity contribution in [3.8, 4) is 11.4 Å². The van der Waals surface area contributed by atoms with Crippen LogP contribution in [0, 0.1) is 5.82 Å². The maximum Gasteiger partial charge on any atom is 0.195 e. The second kappa shape index (κ2) is 8.17. The first-order valence-electron chi connectivity index (χ1n) is 7.39. The van der Waals surface area contributed by atoms with Crippen LogP contribution in [0.25, 0.3) is 5.69 Å². The van der Waals surface area contributed by atoms with Crippen LogP contribution in [0.4, 0.5) is 4.39 Å². The molecule has 0 unspecified atom stereocenters. The van der Waals surface area contributed by atoms with Crippen molar-refractivity contribution in [2.75, 3.05) is 12.4 Å². The highest BCUT2D eigenvalue weighted by Gasteiger charge is 2.07. The molecule has 2 aromatic carbocycles. The number of nitrogens with zero attached hydrogens (tertiary/aromatic N) is 3. The fourth-order valence-corrected chi connectivity index (χ4v) is 3.09. The molecule has 24 heavy (non-hydrogen) atoms. The van der Waals surface area contributed by atoms with Gasteiger partial charge in [-0.1, -0.05) is 29.4 Å². The number of rotatable bonds is 7. The molecule has 0 radical (unpaired) electrons. The highest BCUT2D eigenvalue weighted by atomic mass is 35.5. The van der Waals surface area contributed by atoms with E-state index in [-0.39, 0.29) is 5.82 Å². The molecular formula is C17H15ClFN3OS. The second-order valence-electron chi connectivity index (χ2n) is 4.97. The van der Waals surface area contributed by atoms with Gasteiger partial charge in [-0.05, 0) is 48.9 Å². The van der Waals surface area contributed by atoms with Crippen molar-refractivity contribution in [3.05, 3.63) is 65.7 Å². The van der Waals surface area contributed by atoms with E-state index in [4.69, 9.17) is 16.3 Å². The van der Waals surface area contributed by atoms with Gasteiger partial charge in [0.1, 0.15) is 17.9 Å². The van der Waals surface area contributed by atoms with Crippen molar-refractivity contribution >= 4 is 23.4 Å². The number of ether oxygens (including phenoxy) is 1. The molecule has 4 nitrogen and oxygen atoms in total. The van der Waals surface area contributed by atoms with Gasteiger partial charge in [-0.15, -0.1) is 10.2 Å². The number of hydrogen-bond acceptors (Lipinski definition) is 4. The predicted octanol–water partition coefficient (Wildman–Crippen LogP) is 4.62. The van der Waals surface area contributed by atoms with E-state index in [9.17, 15) is 4.39 Å². The molecule has 3 aromatic rings. The Morgan fingerprint density at radius 2 is 2.00 bits per heavy atom. The van der Waals surface area contributed by atoms with E-state index in [0.29, 0.717) is 17.4 Å². The smallest absolute Gasteiger partial charge is 0.195 e. The molecule has 0 amide bonds. The SMILES string of the molecule is Fc1ccc(OCCCSc2nncn2-c2cccc(Cl)c2)cc1. The van der Waals surface area contributed by atoms with Crippen molar-refractivity contribution < 1.29 is 9.13 Å². The Bertz CT molecular complexity index is 795. The molecule has 0 saturated heterocycles. The summed E-state index contributed by atoms with van der Waals surface area (Å²) in [4.78, 5) is 0. The lowest BCUT2D eigenvalue weighted by Crippen LogP contribution is -2.00. The number of thioether (sulfide) groups is 1. The zero-order valence-corrected chi connectivity index (χ0v) is 14.3. The topological polar surface area (TPSA) is 39.9 Å². The average Bonchev–Trinajstić information content (AvgIpc) is 3.05. The predicted molar refractivity (Wildman–Crippen MR) is 93.6 cm³/mol. The second-order valence-corrected chi connectivity index (χ2v) is 6.47. The number of benzene rings is 2. The van der Waals surface area contributed by atoms with Crippen LogP contribution in [-0.2, 0) is 0 Å². The van der Waals surface area contributed by atoms with Crippen molar-refractivity contribution in [1.29, 1.82) is 0 Å². The first-order valence-corrected chi connectivity index (χ1v) is 8.76. The highest BCUT2D eigenvalue weighted by Crippen LogP contribution is 2.22. The molecular weight excluding hydrogens is 349 g/mol. The third-order valence-corrected chi connectivity index (χ3v) is 4.47. The van der Waals surface area contributed by atoms with Gasteiger partial charge < -0.3 is 4.74 Å². The van der Waals surface area contributed by atoms with Crippen molar-refractivity contribution in [2.24, 2.45) is 0 Å². The molecule has 1 aromatic heterocycles. The van der Waals surface area contributed by atoms with Crippen LogP contribution in [0.2, 0.25) is 5.02 Å². The minimum Gasteiger partial charge on any atom is -0.494 e. The highest BCUT2D eigenvalue weighted by molar-refractivity contribution is 7.99. The Kier molecular flexibility index (Phi) is 5.72. The number of hydrogen-bond donors (Lipinski definition) is 0. The molecule has 0 aliphatic carbocycles. The molecule has 0 bridgehead atoms. The normalized spacial score (nSPS) is 10.8. The summed E-state index contributed by atoms with van der Waals surface area (Å²) in [5, 5.41) is 9.58. The molecule has 7 heteroatoms. The molecule has 1 heterocycles. The standard InChI is InChI=1S/C17H15ClFN3OS/c18-13-3-1-4-15(11-13)22-12-20-21-17(22)24-10-2-9-23-16-7-5-14(19)6-8-16/h1,3-8,11-12H,2,9-10H2. The minimum absolute atomic E-state index is 0.266. The quantitative estimate of drug-likeness (QED) is 0.453. The van der Waals surface area contributed by atoms with Crippen molar-refractivity contribution in [1.82, 2.24) is 14.8 Å². The van der Waals surface area contributed by atoms with Gasteiger partial charge in [0.05, 0.1) is 12.3 Å². The van der Waals surface area contributed by atoms with E-state index in [1.54, 1.807) is 30.2 Å². The Morgan fingerprint density at radius 1 is 1.17 bits per heavy atom. The fraction of sp³-hybridized carbons (Fsp3) is 0.176. The first kappa shape index (κ1) is 16.8. The van der Waals surface area contributed by atoms with Gasteiger partial charge in [0.25, 0.3) is 0 Å². The van der Waals surface area contributed by atoms with Gasteiger partial charge in [-0.3, -0.25) is 4.57 Å². The van der Waals surface area contributed by atoms with E-state index in [0.717, 1.165) is 23.0 Å². The molecule has 3 rings (SSSR count). The van der Waals surface area contributed by atoms with Crippen molar-refractivity contribution in [3.63, 3.8) is 0 Å². The lowest BCUT2D eigenvalue weighted by Gasteiger charge is -2.07. The van der Waals surface area contributed by atoms with Gasteiger partial charge in [0.2, 0.25) is 0 Å². The van der Waals surface area contributed by atoms with Crippen LogP contribution in [-0.4, -0.2) is 27.1 Å². The Balaban J connectivity index is 1.49. The third-order valence-electron chi connectivity index (χ3n) is 3.21. The summed E-state index contributed by atoms with van der Waals surface area (Å²) in [6.45, 7) is 0.559. The van der Waals surface area contributed by atoms with Crippen LogP contribution < -0.4 is 4.74 Å². The molecule has 0 N–H and O–H groups in total. The largest absolute Gasteiger partial charge is 0.494 e. The van der Waals surface area contributed by atoms with E-state index in [1.807, 2.05) is 28.8 Å². The maximum absolute atomic E-state index is 12.8. The summed E-state index contributed by atoms with van der Waals surface area (Å²) in [5.74, 6) is 1.24. The third kappa shape index (κ3) is 4.49. The Hall–Kier alpha value is -2.05. The molecule has 0 spiro atoms. The van der Waals surface area contributed by atoms with E-state index in [1.165, 1.54) is 12.1 Å². The van der Waals surface area contributed by atoms with Gasteiger partial charge >= 0.3 is 0 Å². The van der Waals surface area contributed by atoms with Crippen LogP contribution in [0.1, 0.15) is 6.42 Å². The van der Waals surface area contributed by atoms with E-state index >= 15 is 0 Å². The minimum atomic E-state index is -0.266. The Labute approximate surface area is 148 Å². The van der Waals surface area contributed by atoms with Crippen LogP contribution in [0.5, 0.6) is 5.75 Å². The first-order chi connectivity index (χ1) is 11.7. The fourth-order valence-electron chi connectivity index (χ4n) is 2.07. The summed E-state index contributed by atoms with van der Waals surface area (Å²) in [6.07, 6.45) is 2.51. The van der Waals surface area contributed by atoms with Crippen LogP contribution in [0.15, 0.2) is 60.0 Å². The molecule has 0 aliphatic heterocycles. The van der Waals surface area contributed by atoms with E-state index in [2.05, 4.69) is 10.2 Å². The summed E-state index contributed by atoms with van der Waals surface area (Å²) >= 11 is 7.62. The molecule has 0 fully saturated rings. The molecule has 0 aliphatic rings. The summed E-state index contributed by atoms with van der Waals surface area (Å²) in [6, 6.07) is 13.6. The molecule has 0 atom stereocenters. The van der Waals surface area contributed by atoms with E-state index < -0.39 is 0 Å². The average molecular weight is 364 g/mol. The summed E-state index contributed by atoms with van der Waals surface area (Å²) < 4.78 is 20.3. The van der Waals surface area contributed by atoms with Gasteiger partial charge in [-0.2, -0.15) is 0 Å². The number of halogens is 2. The Morgan fingerprint density at radius 3 is 2.79 bits per heavy atom. The van der Waals surface area contributed by atoms with Gasteiger partial charge in [-0.25, -0.2) is 4.39 Å². The molecule has 0 saturated carbocycles. The summed E-state index contributed by atoms with van der Waals surface area (Å²) in [7, 11) is 0. The zero-order valence-electron chi connectivity index (χ0n) is 12.7. The van der Waals surface area contributed by atoms with Gasteiger partial charge in [0.15, 0.2) is 5.16 Å². The number of aromatic nitrogens is 3. The lowest BCUT2D eigenvalue weighted by atomic mass is 10.3.